The van der Waals surface area contributed by atoms with Crippen molar-refractivity contribution in [2.75, 3.05) is 6.54 Å². The number of aromatic nitrogens is 1. The summed E-state index contributed by atoms with van der Waals surface area (Å²) < 4.78 is 0. The van der Waals surface area contributed by atoms with E-state index in [-0.39, 0.29) is 23.1 Å². The first-order chi connectivity index (χ1) is 9.39. The van der Waals surface area contributed by atoms with Crippen LogP contribution in [0.2, 0.25) is 0 Å². The van der Waals surface area contributed by atoms with Gasteiger partial charge in [0.1, 0.15) is 5.92 Å². The molecule has 2 atom stereocenters. The molecule has 0 aliphatic carbocycles. The van der Waals surface area contributed by atoms with E-state index in [0.717, 1.165) is 5.56 Å². The Balaban J connectivity index is 2.02. The van der Waals surface area contributed by atoms with Crippen LogP contribution in [0.3, 0.4) is 0 Å². The van der Waals surface area contributed by atoms with Crippen molar-refractivity contribution in [3.63, 3.8) is 0 Å². The summed E-state index contributed by atoms with van der Waals surface area (Å²) in [7, 11) is 0. The molecule has 0 aromatic carbocycles. The number of nitrogens with one attached hydrogen (secondary N) is 2. The van der Waals surface area contributed by atoms with Gasteiger partial charge in [0.05, 0.1) is 0 Å². The molecule has 1 fully saturated rings. The zero-order chi connectivity index (χ0) is 14.8. The number of hydrogen-bond acceptors (Lipinski definition) is 3. The third kappa shape index (κ3) is 3.15. The third-order valence-corrected chi connectivity index (χ3v) is 3.79. The number of pyridine rings is 1. The molecule has 0 unspecified atom stereocenters. The predicted molar refractivity (Wildman–Crippen MR) is 75.5 cm³/mol. The van der Waals surface area contributed by atoms with Crippen LogP contribution in [0.5, 0.6) is 0 Å². The minimum absolute atomic E-state index is 0.0208. The molecule has 2 N–H and O–H groups in total. The second kappa shape index (κ2) is 5.61. The van der Waals surface area contributed by atoms with E-state index < -0.39 is 5.92 Å². The molecule has 5 nitrogen and oxygen atoms in total. The van der Waals surface area contributed by atoms with Gasteiger partial charge in [0.2, 0.25) is 11.8 Å². The van der Waals surface area contributed by atoms with E-state index in [9.17, 15) is 9.59 Å². The number of amides is 2. The van der Waals surface area contributed by atoms with Crippen molar-refractivity contribution in [1.29, 1.82) is 0 Å². The molecule has 1 saturated heterocycles. The Morgan fingerprint density at radius 2 is 2.05 bits per heavy atom. The first-order valence-electron chi connectivity index (χ1n) is 6.84. The van der Waals surface area contributed by atoms with Crippen molar-refractivity contribution >= 4 is 11.8 Å². The van der Waals surface area contributed by atoms with Gasteiger partial charge in [-0.15, -0.1) is 0 Å². The van der Waals surface area contributed by atoms with Crippen molar-refractivity contribution in [3.8, 4) is 0 Å². The Kier molecular flexibility index (Phi) is 4.06. The van der Waals surface area contributed by atoms with Crippen LogP contribution < -0.4 is 10.6 Å². The predicted octanol–water partition coefficient (Wildman–Crippen LogP) is 1.11. The molecule has 5 heteroatoms. The molecule has 2 amide bonds. The van der Waals surface area contributed by atoms with Crippen LogP contribution in [0, 0.1) is 17.3 Å². The van der Waals surface area contributed by atoms with Crippen LogP contribution in [-0.2, 0) is 16.1 Å². The van der Waals surface area contributed by atoms with Gasteiger partial charge in [0, 0.05) is 31.4 Å². The van der Waals surface area contributed by atoms with Crippen molar-refractivity contribution < 1.29 is 9.59 Å². The lowest BCUT2D eigenvalue weighted by atomic mass is 9.74. The zero-order valence-corrected chi connectivity index (χ0v) is 12.1. The molecule has 0 spiro atoms. The van der Waals surface area contributed by atoms with Gasteiger partial charge in [-0.25, -0.2) is 0 Å². The lowest BCUT2D eigenvalue weighted by molar-refractivity contribution is -0.135. The number of rotatable bonds is 3. The fourth-order valence-electron chi connectivity index (χ4n) is 2.53. The highest BCUT2D eigenvalue weighted by atomic mass is 16.2. The van der Waals surface area contributed by atoms with Crippen molar-refractivity contribution in [2.45, 2.75) is 27.3 Å². The Morgan fingerprint density at radius 1 is 1.40 bits per heavy atom. The van der Waals surface area contributed by atoms with Crippen LogP contribution in [0.25, 0.3) is 0 Å². The fourth-order valence-corrected chi connectivity index (χ4v) is 2.53. The van der Waals surface area contributed by atoms with Gasteiger partial charge in [0.25, 0.3) is 0 Å². The van der Waals surface area contributed by atoms with Gasteiger partial charge >= 0.3 is 0 Å². The highest BCUT2D eigenvalue weighted by Crippen LogP contribution is 2.35. The second-order valence-electron chi connectivity index (χ2n) is 6.27. The summed E-state index contributed by atoms with van der Waals surface area (Å²) in [6, 6.07) is 3.69. The molecule has 1 aliphatic heterocycles. The Bertz CT molecular complexity index is 494. The number of hydrogen-bond donors (Lipinski definition) is 2. The summed E-state index contributed by atoms with van der Waals surface area (Å²) in [5.74, 6) is -0.946. The van der Waals surface area contributed by atoms with E-state index in [1.54, 1.807) is 12.4 Å². The van der Waals surface area contributed by atoms with E-state index in [4.69, 9.17) is 0 Å². The molecule has 0 radical (unpaired) electrons. The summed E-state index contributed by atoms with van der Waals surface area (Å²) in [5.41, 5.74) is 0.886. The molecular weight excluding hydrogens is 254 g/mol. The number of nitrogens with zero attached hydrogens (tertiary/aromatic N) is 1. The van der Waals surface area contributed by atoms with Gasteiger partial charge in [0.15, 0.2) is 0 Å². The Labute approximate surface area is 119 Å². The fraction of sp³-hybridized carbons (Fsp3) is 0.533. The highest BCUT2D eigenvalue weighted by molar-refractivity contribution is 6.02. The van der Waals surface area contributed by atoms with Gasteiger partial charge < -0.3 is 10.6 Å². The standard InChI is InChI=1S/C15H21N3O2/c1-15(2,3)11-9-18-14(20)12(11)13(19)17-8-10-4-6-16-7-5-10/h4-7,11-12H,8-9H2,1-3H3,(H,17,19)(H,18,20)/t11-,12-/m0/s1. The largest absolute Gasteiger partial charge is 0.355 e. The maximum Gasteiger partial charge on any atom is 0.233 e. The van der Waals surface area contributed by atoms with Gasteiger partial charge in [-0.05, 0) is 23.1 Å². The topological polar surface area (TPSA) is 71.1 Å². The number of carbonyl (C=O) groups excluding carboxylic acids is 2. The highest BCUT2D eigenvalue weighted by Gasteiger charge is 2.45. The lowest BCUT2D eigenvalue weighted by Gasteiger charge is -2.29. The van der Waals surface area contributed by atoms with Gasteiger partial charge in [-0.1, -0.05) is 20.8 Å². The van der Waals surface area contributed by atoms with Crippen molar-refractivity contribution in [2.24, 2.45) is 17.3 Å². The average Bonchev–Trinajstić information content (AvgIpc) is 2.79. The number of carbonyl (C=O) groups is 2. The molecule has 20 heavy (non-hydrogen) atoms. The zero-order valence-electron chi connectivity index (χ0n) is 12.1. The van der Waals surface area contributed by atoms with Crippen molar-refractivity contribution in [1.82, 2.24) is 15.6 Å². The normalized spacial score (nSPS) is 22.4. The van der Waals surface area contributed by atoms with Crippen molar-refractivity contribution in [3.05, 3.63) is 30.1 Å². The minimum Gasteiger partial charge on any atom is -0.355 e. The average molecular weight is 275 g/mol. The SMILES string of the molecule is CC(C)(C)[C@H]1CNC(=O)[C@@H]1C(=O)NCc1ccncc1. The van der Waals surface area contributed by atoms with E-state index in [0.29, 0.717) is 13.1 Å². The molecule has 0 bridgehead atoms. The molecule has 1 aromatic rings. The van der Waals surface area contributed by atoms with Crippen LogP contribution >= 0.6 is 0 Å². The maximum atomic E-state index is 12.3. The Morgan fingerprint density at radius 3 is 2.65 bits per heavy atom. The molecule has 1 aliphatic rings. The van der Waals surface area contributed by atoms with E-state index in [2.05, 4.69) is 36.4 Å². The molecule has 2 heterocycles. The van der Waals surface area contributed by atoms with Gasteiger partial charge in [-0.3, -0.25) is 14.6 Å². The Hall–Kier alpha value is -1.91. The van der Waals surface area contributed by atoms with Crippen LogP contribution in [0.15, 0.2) is 24.5 Å². The minimum atomic E-state index is -0.600. The molecular formula is C15H21N3O2. The van der Waals surface area contributed by atoms with E-state index in [1.807, 2.05) is 12.1 Å². The first kappa shape index (κ1) is 14.5. The van der Waals surface area contributed by atoms with Crippen LogP contribution in [0.1, 0.15) is 26.3 Å². The molecule has 2 rings (SSSR count). The lowest BCUT2D eigenvalue weighted by Crippen LogP contribution is -2.40. The van der Waals surface area contributed by atoms with E-state index in [1.165, 1.54) is 0 Å². The molecule has 108 valence electrons. The monoisotopic (exact) mass is 275 g/mol. The summed E-state index contributed by atoms with van der Waals surface area (Å²) in [5, 5.41) is 5.64. The summed E-state index contributed by atoms with van der Waals surface area (Å²) in [4.78, 5) is 28.1. The van der Waals surface area contributed by atoms with Crippen LogP contribution in [-0.4, -0.2) is 23.3 Å². The summed E-state index contributed by atoms with van der Waals surface area (Å²) >= 11 is 0. The first-order valence-corrected chi connectivity index (χ1v) is 6.84. The quantitative estimate of drug-likeness (QED) is 0.812. The summed E-state index contributed by atoms with van der Waals surface area (Å²) in [6.45, 7) is 7.15. The third-order valence-electron chi connectivity index (χ3n) is 3.79. The smallest absolute Gasteiger partial charge is 0.233 e. The van der Waals surface area contributed by atoms with Gasteiger partial charge in [-0.2, -0.15) is 0 Å². The summed E-state index contributed by atoms with van der Waals surface area (Å²) in [6.07, 6.45) is 3.36. The van der Waals surface area contributed by atoms with E-state index >= 15 is 0 Å². The molecule has 1 aromatic heterocycles. The molecule has 0 saturated carbocycles. The maximum absolute atomic E-state index is 12.3. The van der Waals surface area contributed by atoms with Crippen LogP contribution in [0.4, 0.5) is 0 Å². The second-order valence-corrected chi connectivity index (χ2v) is 6.27.